The Morgan fingerprint density at radius 3 is 2.45 bits per heavy atom. The molecular weight excluding hydrogens is 503 g/mol. The third-order valence-corrected chi connectivity index (χ3v) is 7.81. The first kappa shape index (κ1) is 26.7. The van der Waals surface area contributed by atoms with Gasteiger partial charge in [-0.25, -0.2) is 27.5 Å². The molecule has 2 aromatic heterocycles. The molecule has 0 radical (unpaired) electrons. The molecule has 2 amide bonds. The van der Waals surface area contributed by atoms with Crippen molar-refractivity contribution in [3.05, 3.63) is 29.7 Å². The summed E-state index contributed by atoms with van der Waals surface area (Å²) >= 11 is 0. The molecule has 0 spiro atoms. The van der Waals surface area contributed by atoms with Crippen molar-refractivity contribution in [2.45, 2.75) is 102 Å². The number of hydrogen-bond acceptors (Lipinski definition) is 6. The number of aliphatic hydroxyl groups excluding tert-OH is 1. The number of halogens is 3. The second-order valence-electron chi connectivity index (χ2n) is 12.4. The number of fused-ring (bicyclic) bond motifs is 1. The lowest BCUT2D eigenvalue weighted by Gasteiger charge is -2.65. The molecule has 6 rings (SSSR count). The van der Waals surface area contributed by atoms with Gasteiger partial charge in [0.2, 0.25) is 11.8 Å². The summed E-state index contributed by atoms with van der Waals surface area (Å²) < 4.78 is 48.2. The van der Waals surface area contributed by atoms with Gasteiger partial charge in [0.15, 0.2) is 11.9 Å². The van der Waals surface area contributed by atoms with Gasteiger partial charge >= 0.3 is 6.09 Å². The van der Waals surface area contributed by atoms with Crippen molar-refractivity contribution in [2.24, 2.45) is 11.3 Å². The summed E-state index contributed by atoms with van der Waals surface area (Å²) in [7, 11) is 0. The van der Waals surface area contributed by atoms with Gasteiger partial charge in [-0.3, -0.25) is 4.79 Å². The van der Waals surface area contributed by atoms with E-state index in [2.05, 4.69) is 20.7 Å². The lowest BCUT2D eigenvalue weighted by molar-refractivity contribution is -0.216. The van der Waals surface area contributed by atoms with Crippen LogP contribution in [-0.2, 0) is 9.53 Å². The summed E-state index contributed by atoms with van der Waals surface area (Å²) in [4.78, 5) is 29.6. The van der Waals surface area contributed by atoms with Crippen molar-refractivity contribution >= 4 is 17.6 Å². The monoisotopic (exact) mass is 537 g/mol. The molecule has 0 unspecified atom stereocenters. The third-order valence-electron chi connectivity index (χ3n) is 7.81. The molecule has 0 aromatic carbocycles. The van der Waals surface area contributed by atoms with E-state index in [4.69, 9.17) is 4.74 Å². The number of rotatable bonds is 7. The summed E-state index contributed by atoms with van der Waals surface area (Å²) in [5.41, 5.74) is -1.04. The lowest BCUT2D eigenvalue weighted by atomic mass is 9.41. The summed E-state index contributed by atoms with van der Waals surface area (Å²) in [5, 5.41) is 20.2. The van der Waals surface area contributed by atoms with E-state index in [9.17, 15) is 27.9 Å². The van der Waals surface area contributed by atoms with Gasteiger partial charge in [0, 0.05) is 24.8 Å². The maximum Gasteiger partial charge on any atom is 0.408 e. The molecule has 38 heavy (non-hydrogen) atoms. The highest BCUT2D eigenvalue weighted by Gasteiger charge is 2.69. The maximum atomic E-state index is 13.8. The second kappa shape index (κ2) is 9.10. The standard InChI is InChI=1S/C26H34F3N5O4/c1-23(2,3)38-22(37)33-20(15-4-6-26(28,29)7-5-15)17-11-34-18(31-17)8-16(10-30-34)21(36)32-19(35)9-24-12-25(27,13-24)14-24/h8,10-11,15,20-21,36H,4-7,9,12-14H2,1-3H3,(H,32,35)(H,33,37)/t20-,21+,24?,25?/m0/s1. The Morgan fingerprint density at radius 2 is 1.84 bits per heavy atom. The molecule has 2 aromatic rings. The Labute approximate surface area is 218 Å². The van der Waals surface area contributed by atoms with Crippen LogP contribution in [0.15, 0.2) is 18.5 Å². The summed E-state index contributed by atoms with van der Waals surface area (Å²) in [6.45, 7) is 5.19. The van der Waals surface area contributed by atoms with Crippen molar-refractivity contribution in [3.63, 3.8) is 0 Å². The average Bonchev–Trinajstić information content (AvgIpc) is 3.17. The van der Waals surface area contributed by atoms with Crippen LogP contribution >= 0.6 is 0 Å². The normalized spacial score (nSPS) is 28.1. The van der Waals surface area contributed by atoms with Crippen molar-refractivity contribution in [1.82, 2.24) is 25.2 Å². The minimum absolute atomic E-state index is 0.164. The van der Waals surface area contributed by atoms with Crippen LogP contribution in [0.4, 0.5) is 18.0 Å². The molecule has 4 aliphatic carbocycles. The Kier molecular flexibility index (Phi) is 6.39. The number of hydrogen-bond donors (Lipinski definition) is 3. The summed E-state index contributed by atoms with van der Waals surface area (Å²) in [5.74, 6) is -3.37. The number of alkyl carbamates (subject to hydrolysis) is 1. The first-order valence-corrected chi connectivity index (χ1v) is 13.0. The Bertz CT molecular complexity index is 1210. The molecule has 9 nitrogen and oxygen atoms in total. The molecule has 0 saturated heterocycles. The highest BCUT2D eigenvalue weighted by Crippen LogP contribution is 2.71. The Balaban J connectivity index is 1.30. The van der Waals surface area contributed by atoms with Gasteiger partial charge in [0.05, 0.1) is 24.1 Å². The quantitative estimate of drug-likeness (QED) is 0.448. The molecule has 2 heterocycles. The molecule has 12 heteroatoms. The number of nitrogens with zero attached hydrogens (tertiary/aromatic N) is 3. The summed E-state index contributed by atoms with van der Waals surface area (Å²) in [6.07, 6.45) is 2.18. The second-order valence-corrected chi connectivity index (χ2v) is 12.4. The largest absolute Gasteiger partial charge is 0.444 e. The Morgan fingerprint density at radius 1 is 1.18 bits per heavy atom. The van der Waals surface area contributed by atoms with E-state index in [1.54, 1.807) is 33.0 Å². The lowest BCUT2D eigenvalue weighted by Crippen LogP contribution is -2.65. The molecule has 3 N–H and O–H groups in total. The maximum absolute atomic E-state index is 13.8. The number of carbonyl (C=O) groups excluding carboxylic acids is 2. The van der Waals surface area contributed by atoms with Crippen molar-refractivity contribution in [3.8, 4) is 0 Å². The predicted octanol–water partition coefficient (Wildman–Crippen LogP) is 4.51. The third kappa shape index (κ3) is 5.60. The van der Waals surface area contributed by atoms with Crippen molar-refractivity contribution in [2.75, 3.05) is 0 Å². The van der Waals surface area contributed by atoms with Gasteiger partial charge in [-0.1, -0.05) is 0 Å². The number of amides is 2. The van der Waals surface area contributed by atoms with Gasteiger partial charge in [-0.15, -0.1) is 0 Å². The van der Waals surface area contributed by atoms with E-state index in [0.717, 1.165) is 0 Å². The zero-order chi connectivity index (χ0) is 27.5. The number of alkyl halides is 3. The van der Waals surface area contributed by atoms with Gasteiger partial charge < -0.3 is 20.5 Å². The van der Waals surface area contributed by atoms with Crippen LogP contribution in [0.1, 0.15) is 95.7 Å². The van der Waals surface area contributed by atoms with Gasteiger partial charge in [0.1, 0.15) is 11.3 Å². The fourth-order valence-electron chi connectivity index (χ4n) is 6.15. The molecule has 208 valence electrons. The van der Waals surface area contributed by atoms with Gasteiger partial charge in [-0.2, -0.15) is 5.10 Å². The highest BCUT2D eigenvalue weighted by molar-refractivity contribution is 5.77. The van der Waals surface area contributed by atoms with Gasteiger partial charge in [0.25, 0.3) is 0 Å². The fraction of sp³-hybridized carbons (Fsp3) is 0.692. The predicted molar refractivity (Wildman–Crippen MR) is 130 cm³/mol. The minimum atomic E-state index is -2.73. The molecule has 4 saturated carbocycles. The number of imidazole rings is 1. The van der Waals surface area contributed by atoms with Crippen LogP contribution < -0.4 is 10.6 Å². The van der Waals surface area contributed by atoms with Crippen LogP contribution in [0.5, 0.6) is 0 Å². The van der Waals surface area contributed by atoms with Crippen LogP contribution in [0.2, 0.25) is 0 Å². The first-order chi connectivity index (χ1) is 17.6. The van der Waals surface area contributed by atoms with Crippen molar-refractivity contribution < 1.29 is 32.6 Å². The molecular formula is C26H34F3N5O4. The zero-order valence-corrected chi connectivity index (χ0v) is 21.8. The number of nitrogens with one attached hydrogen (secondary N) is 2. The zero-order valence-electron chi connectivity index (χ0n) is 21.8. The van der Waals surface area contributed by atoms with E-state index in [0.29, 0.717) is 36.2 Å². The topological polar surface area (TPSA) is 118 Å². The van der Waals surface area contributed by atoms with E-state index in [1.807, 2.05) is 0 Å². The molecule has 0 aliphatic heterocycles. The van der Waals surface area contributed by atoms with Crippen LogP contribution in [0.25, 0.3) is 5.65 Å². The molecule has 2 bridgehead atoms. The minimum Gasteiger partial charge on any atom is -0.444 e. The molecule has 4 fully saturated rings. The molecule has 2 atom stereocenters. The number of aromatic nitrogens is 3. The SMILES string of the molecule is CC(C)(C)OC(=O)N[C@H](c1cn2ncc([C@@H](O)NC(=O)CC34CC(F)(C3)C4)cc2n1)C1CCC(F)(F)CC1. The number of ether oxygens (including phenoxy) is 1. The van der Waals surface area contributed by atoms with Crippen LogP contribution in [0, 0.1) is 11.3 Å². The van der Waals surface area contributed by atoms with E-state index in [1.165, 1.54) is 10.7 Å². The van der Waals surface area contributed by atoms with Crippen LogP contribution in [0.3, 0.4) is 0 Å². The Hall–Kier alpha value is -2.89. The number of carbonyl (C=O) groups is 2. The average molecular weight is 538 g/mol. The van der Waals surface area contributed by atoms with Crippen molar-refractivity contribution in [1.29, 1.82) is 0 Å². The smallest absolute Gasteiger partial charge is 0.408 e. The van der Waals surface area contributed by atoms with E-state index < -0.39 is 35.6 Å². The van der Waals surface area contributed by atoms with E-state index in [-0.39, 0.29) is 49.3 Å². The highest BCUT2D eigenvalue weighted by atomic mass is 19.3. The van der Waals surface area contributed by atoms with E-state index >= 15 is 0 Å². The fourth-order valence-corrected chi connectivity index (χ4v) is 6.15. The summed E-state index contributed by atoms with van der Waals surface area (Å²) in [6, 6.07) is 0.876. The number of aliphatic hydroxyl groups is 1. The van der Waals surface area contributed by atoms with Gasteiger partial charge in [-0.05, 0) is 70.3 Å². The molecule has 4 aliphatic rings. The first-order valence-electron chi connectivity index (χ1n) is 13.0. The van der Waals surface area contributed by atoms with Crippen LogP contribution in [-0.4, -0.2) is 48.9 Å².